The molecule has 0 aliphatic heterocycles. The predicted molar refractivity (Wildman–Crippen MR) is 91.4 cm³/mol. The Bertz CT molecular complexity index is 592. The predicted octanol–water partition coefficient (Wildman–Crippen LogP) is 3.10. The number of nitrogens with zero attached hydrogens (tertiary/aromatic N) is 1. The highest BCUT2D eigenvalue weighted by Gasteiger charge is 2.43. The van der Waals surface area contributed by atoms with Crippen LogP contribution in [0.3, 0.4) is 0 Å². The number of nitro benzene ring substituents is 1. The molecule has 0 saturated heterocycles. The molecular formula is C18H25NO6. The fourth-order valence-corrected chi connectivity index (χ4v) is 2.75. The first kappa shape index (κ1) is 19.3. The molecule has 25 heavy (non-hydrogen) atoms. The Morgan fingerprint density at radius 3 is 2.56 bits per heavy atom. The van der Waals surface area contributed by atoms with Gasteiger partial charge < -0.3 is 14.6 Å². The van der Waals surface area contributed by atoms with Crippen molar-refractivity contribution < 1.29 is 24.3 Å². The van der Waals surface area contributed by atoms with E-state index in [2.05, 4.69) is 6.92 Å². The molecule has 1 N–H and O–H groups in total. The highest BCUT2D eigenvalue weighted by Crippen LogP contribution is 2.38. The van der Waals surface area contributed by atoms with Crippen LogP contribution in [0.5, 0.6) is 0 Å². The molecule has 2 rings (SSSR count). The van der Waals surface area contributed by atoms with Gasteiger partial charge in [0.05, 0.1) is 22.7 Å². The van der Waals surface area contributed by atoms with Gasteiger partial charge in [-0.25, -0.2) is 4.79 Å². The molecule has 1 fully saturated rings. The normalized spacial score (nSPS) is 21.9. The number of ether oxygens (including phenoxy) is 2. The number of nitro groups is 1. The third-order valence-electron chi connectivity index (χ3n) is 4.60. The number of unbranched alkanes of at least 4 members (excludes halogenated alkanes) is 1. The van der Waals surface area contributed by atoms with Gasteiger partial charge in [0.25, 0.3) is 5.69 Å². The number of hydrogen-bond donors (Lipinski definition) is 1. The minimum absolute atomic E-state index is 0.0313. The van der Waals surface area contributed by atoms with E-state index in [0.29, 0.717) is 19.4 Å². The van der Waals surface area contributed by atoms with Gasteiger partial charge in [0.2, 0.25) is 0 Å². The molecule has 7 nitrogen and oxygen atoms in total. The molecule has 1 saturated carbocycles. The molecule has 0 bridgehead atoms. The second-order valence-corrected chi connectivity index (χ2v) is 6.76. The molecule has 1 aliphatic rings. The lowest BCUT2D eigenvalue weighted by Crippen LogP contribution is -2.49. The summed E-state index contributed by atoms with van der Waals surface area (Å²) < 4.78 is 10.9. The van der Waals surface area contributed by atoms with Crippen molar-refractivity contribution in [2.75, 3.05) is 13.2 Å². The smallest absolute Gasteiger partial charge is 0.338 e. The van der Waals surface area contributed by atoms with Crippen molar-refractivity contribution in [2.24, 2.45) is 5.92 Å². The molecule has 0 heterocycles. The van der Waals surface area contributed by atoms with Crippen molar-refractivity contribution in [3.8, 4) is 0 Å². The van der Waals surface area contributed by atoms with Crippen molar-refractivity contribution >= 4 is 11.7 Å². The molecule has 1 aliphatic carbocycles. The van der Waals surface area contributed by atoms with Gasteiger partial charge in [-0.3, -0.25) is 10.1 Å². The van der Waals surface area contributed by atoms with Crippen LogP contribution in [0, 0.1) is 16.0 Å². The van der Waals surface area contributed by atoms with Crippen molar-refractivity contribution in [2.45, 2.75) is 51.2 Å². The molecule has 1 atom stereocenters. The molecule has 0 spiro atoms. The van der Waals surface area contributed by atoms with Crippen molar-refractivity contribution in [3.63, 3.8) is 0 Å². The first-order chi connectivity index (χ1) is 11.8. The molecule has 7 heteroatoms. The number of hydrogen-bond acceptors (Lipinski definition) is 6. The van der Waals surface area contributed by atoms with Crippen molar-refractivity contribution in [1.29, 1.82) is 0 Å². The lowest BCUT2D eigenvalue weighted by atomic mass is 9.72. The van der Waals surface area contributed by atoms with Crippen LogP contribution in [-0.2, 0) is 9.47 Å². The largest absolute Gasteiger partial charge is 0.459 e. The van der Waals surface area contributed by atoms with E-state index < -0.39 is 16.5 Å². The van der Waals surface area contributed by atoms with Crippen LogP contribution in [0.15, 0.2) is 24.3 Å². The van der Waals surface area contributed by atoms with Crippen LogP contribution >= 0.6 is 0 Å². The maximum atomic E-state index is 12.1. The zero-order chi connectivity index (χ0) is 18.4. The number of esters is 1. The Labute approximate surface area is 147 Å². The highest BCUT2D eigenvalue weighted by atomic mass is 16.6. The summed E-state index contributed by atoms with van der Waals surface area (Å²) in [5.74, 6) is -0.471. The highest BCUT2D eigenvalue weighted by molar-refractivity contribution is 5.89. The maximum Gasteiger partial charge on any atom is 0.338 e. The lowest BCUT2D eigenvalue weighted by Gasteiger charge is -2.43. The quantitative estimate of drug-likeness (QED) is 0.318. The molecule has 138 valence electrons. The van der Waals surface area contributed by atoms with E-state index in [9.17, 15) is 20.0 Å². The monoisotopic (exact) mass is 351 g/mol. The van der Waals surface area contributed by atoms with Crippen LogP contribution < -0.4 is 0 Å². The second kappa shape index (κ2) is 8.40. The SMILES string of the molecule is CCCCOCC(C)(O)C1CC(OC(=O)c2ccc([N+](=O)[O-])cc2)C1. The van der Waals surface area contributed by atoms with Crippen LogP contribution in [0.4, 0.5) is 5.69 Å². The zero-order valence-electron chi connectivity index (χ0n) is 14.6. The van der Waals surface area contributed by atoms with E-state index in [-0.39, 0.29) is 29.9 Å². The standard InChI is InChI=1S/C18H25NO6/c1-3-4-9-24-12-18(2,21)14-10-16(11-14)25-17(20)13-5-7-15(8-6-13)19(22)23/h5-8,14,16,21H,3-4,9-12H2,1-2H3. The summed E-state index contributed by atoms with van der Waals surface area (Å²) >= 11 is 0. The lowest BCUT2D eigenvalue weighted by molar-refractivity contribution is -0.384. The average Bonchev–Trinajstić information content (AvgIpc) is 2.54. The van der Waals surface area contributed by atoms with E-state index in [1.54, 1.807) is 6.92 Å². The number of benzene rings is 1. The van der Waals surface area contributed by atoms with Gasteiger partial charge in [0, 0.05) is 18.7 Å². The van der Waals surface area contributed by atoms with Gasteiger partial charge in [-0.05, 0) is 44.2 Å². The van der Waals surface area contributed by atoms with Crippen molar-refractivity contribution in [1.82, 2.24) is 0 Å². The number of carbonyl (C=O) groups excluding carboxylic acids is 1. The van der Waals surface area contributed by atoms with E-state index in [4.69, 9.17) is 9.47 Å². The molecule has 1 unspecified atom stereocenters. The van der Waals surface area contributed by atoms with Crippen LogP contribution in [0.1, 0.15) is 49.9 Å². The molecule has 1 aromatic rings. The van der Waals surface area contributed by atoms with Gasteiger partial charge in [-0.2, -0.15) is 0 Å². The molecule has 0 amide bonds. The summed E-state index contributed by atoms with van der Waals surface area (Å²) in [6.45, 7) is 4.74. The molecule has 0 aromatic heterocycles. The summed E-state index contributed by atoms with van der Waals surface area (Å²) in [4.78, 5) is 22.1. The van der Waals surface area contributed by atoms with Gasteiger partial charge >= 0.3 is 5.97 Å². The van der Waals surface area contributed by atoms with E-state index in [0.717, 1.165) is 12.8 Å². The minimum Gasteiger partial charge on any atom is -0.459 e. The Morgan fingerprint density at radius 1 is 1.36 bits per heavy atom. The maximum absolute atomic E-state index is 12.1. The Morgan fingerprint density at radius 2 is 2.00 bits per heavy atom. The number of aliphatic hydroxyl groups is 1. The van der Waals surface area contributed by atoms with Crippen molar-refractivity contribution in [3.05, 3.63) is 39.9 Å². The molecule has 1 aromatic carbocycles. The first-order valence-corrected chi connectivity index (χ1v) is 8.59. The Kier molecular flexibility index (Phi) is 6.50. The first-order valence-electron chi connectivity index (χ1n) is 8.59. The second-order valence-electron chi connectivity index (χ2n) is 6.76. The summed E-state index contributed by atoms with van der Waals surface area (Å²) in [5.41, 5.74) is -0.715. The number of carbonyl (C=O) groups is 1. The summed E-state index contributed by atoms with van der Waals surface area (Å²) in [6, 6.07) is 5.32. The Hall–Kier alpha value is -1.99. The fraction of sp³-hybridized carbons (Fsp3) is 0.611. The number of rotatable bonds is 9. The topological polar surface area (TPSA) is 98.9 Å². The third-order valence-corrected chi connectivity index (χ3v) is 4.60. The minimum atomic E-state index is -0.927. The fourth-order valence-electron chi connectivity index (χ4n) is 2.75. The van der Waals surface area contributed by atoms with Gasteiger partial charge in [0.15, 0.2) is 0 Å². The van der Waals surface area contributed by atoms with Crippen LogP contribution in [0.2, 0.25) is 0 Å². The zero-order valence-corrected chi connectivity index (χ0v) is 14.6. The average molecular weight is 351 g/mol. The molecule has 0 radical (unpaired) electrons. The number of non-ortho nitro benzene ring substituents is 1. The van der Waals surface area contributed by atoms with Gasteiger partial charge in [-0.15, -0.1) is 0 Å². The van der Waals surface area contributed by atoms with E-state index in [1.165, 1.54) is 24.3 Å². The summed E-state index contributed by atoms with van der Waals surface area (Å²) in [5, 5.41) is 21.1. The van der Waals surface area contributed by atoms with Gasteiger partial charge in [0.1, 0.15) is 6.10 Å². The van der Waals surface area contributed by atoms with Crippen LogP contribution in [0.25, 0.3) is 0 Å². The summed E-state index contributed by atoms with van der Waals surface area (Å²) in [7, 11) is 0. The third kappa shape index (κ3) is 5.24. The van der Waals surface area contributed by atoms with E-state index in [1.807, 2.05) is 0 Å². The summed E-state index contributed by atoms with van der Waals surface area (Å²) in [6.07, 6.45) is 2.95. The van der Waals surface area contributed by atoms with E-state index >= 15 is 0 Å². The molecular weight excluding hydrogens is 326 g/mol. The van der Waals surface area contributed by atoms with Gasteiger partial charge in [-0.1, -0.05) is 13.3 Å². The Balaban J connectivity index is 1.76. The van der Waals surface area contributed by atoms with Crippen LogP contribution in [-0.4, -0.2) is 40.9 Å².